The number of nitrogens with zero attached hydrogens (tertiary/aromatic N) is 4. The standard InChI is InChI=1S/C11H16N4O2.C7H8O2.CHN/c1-17-9(6-16)4-2-8-3-5-10-11(12)13-7-14-15(8)10;8-7(9)6-4-2-1-3-5-6;1-2/h3,5,7,9,16H,2,4,6H2,1H3,(H2,12,13,14);1-5,7-9H;1H. The maximum Gasteiger partial charge on any atom is 0.178 e. The topological polar surface area (TPSA) is 150 Å². The van der Waals surface area contributed by atoms with Crippen LogP contribution in [0.1, 0.15) is 24.0 Å². The Balaban J connectivity index is 0.000000301. The molecule has 150 valence electrons. The average molecular weight is 387 g/mol. The molecule has 0 aliphatic heterocycles. The van der Waals surface area contributed by atoms with Gasteiger partial charge in [-0.2, -0.15) is 5.10 Å². The van der Waals surface area contributed by atoms with E-state index in [1.54, 1.807) is 35.9 Å². The van der Waals surface area contributed by atoms with Crippen molar-refractivity contribution in [2.45, 2.75) is 25.2 Å². The van der Waals surface area contributed by atoms with Gasteiger partial charge in [0.25, 0.3) is 0 Å². The van der Waals surface area contributed by atoms with E-state index in [9.17, 15) is 0 Å². The van der Waals surface area contributed by atoms with Crippen molar-refractivity contribution in [1.29, 1.82) is 5.26 Å². The van der Waals surface area contributed by atoms with Gasteiger partial charge in [-0.1, -0.05) is 30.3 Å². The van der Waals surface area contributed by atoms with Gasteiger partial charge in [-0.3, -0.25) is 0 Å². The molecule has 0 aliphatic rings. The number of aromatic nitrogens is 3. The Kier molecular flexibility index (Phi) is 10.2. The molecule has 0 aliphatic carbocycles. The summed E-state index contributed by atoms with van der Waals surface area (Å²) < 4.78 is 6.89. The number of ether oxygens (including phenoxy) is 1. The van der Waals surface area contributed by atoms with Crippen molar-refractivity contribution >= 4 is 11.3 Å². The Labute approximate surface area is 163 Å². The minimum atomic E-state index is -1.34. The summed E-state index contributed by atoms with van der Waals surface area (Å²) in [4.78, 5) is 3.93. The first-order chi connectivity index (χ1) is 13.6. The maximum absolute atomic E-state index is 9.03. The molecule has 0 fully saturated rings. The average Bonchev–Trinajstić information content (AvgIpc) is 3.16. The van der Waals surface area contributed by atoms with Crippen LogP contribution in [0.3, 0.4) is 0 Å². The number of anilines is 1. The Bertz CT molecular complexity index is 832. The van der Waals surface area contributed by atoms with Gasteiger partial charge in [0, 0.05) is 24.9 Å². The summed E-state index contributed by atoms with van der Waals surface area (Å²) in [6.07, 6.45) is 1.46. The third kappa shape index (κ3) is 6.61. The number of nitrogen functional groups attached to an aromatic ring is 1. The lowest BCUT2D eigenvalue weighted by molar-refractivity contribution is -0.0424. The van der Waals surface area contributed by atoms with E-state index in [1.807, 2.05) is 18.2 Å². The van der Waals surface area contributed by atoms with E-state index in [0.29, 0.717) is 11.4 Å². The minimum Gasteiger partial charge on any atom is -0.394 e. The third-order valence-electron chi connectivity index (χ3n) is 3.92. The number of nitrogens with two attached hydrogens (primary N) is 1. The molecule has 3 aromatic rings. The lowest BCUT2D eigenvalue weighted by atomic mass is 10.1. The molecule has 1 aromatic carbocycles. The van der Waals surface area contributed by atoms with E-state index in [1.165, 1.54) is 6.33 Å². The van der Waals surface area contributed by atoms with Gasteiger partial charge in [0.05, 0.1) is 12.7 Å². The van der Waals surface area contributed by atoms with Crippen molar-refractivity contribution in [2.75, 3.05) is 19.5 Å². The van der Waals surface area contributed by atoms with Gasteiger partial charge in [-0.05, 0) is 25.0 Å². The lowest BCUT2D eigenvalue weighted by Gasteiger charge is -2.11. The highest BCUT2D eigenvalue weighted by Gasteiger charge is 2.10. The fourth-order valence-corrected chi connectivity index (χ4v) is 2.41. The molecule has 9 heteroatoms. The predicted molar refractivity (Wildman–Crippen MR) is 104 cm³/mol. The van der Waals surface area contributed by atoms with Crippen molar-refractivity contribution in [1.82, 2.24) is 14.6 Å². The number of aryl methyl sites for hydroxylation is 1. The quantitative estimate of drug-likeness (QED) is 0.459. The second-order valence-electron chi connectivity index (χ2n) is 5.63. The normalized spacial score (nSPS) is 11.2. The van der Waals surface area contributed by atoms with Crippen molar-refractivity contribution in [3.63, 3.8) is 0 Å². The van der Waals surface area contributed by atoms with Gasteiger partial charge in [0.15, 0.2) is 12.1 Å². The summed E-state index contributed by atoms with van der Waals surface area (Å²) in [6, 6.07) is 12.5. The van der Waals surface area contributed by atoms with Gasteiger partial charge >= 0.3 is 0 Å². The van der Waals surface area contributed by atoms with Gasteiger partial charge in [0.1, 0.15) is 11.8 Å². The summed E-state index contributed by atoms with van der Waals surface area (Å²) in [5.41, 5.74) is 8.10. The van der Waals surface area contributed by atoms with E-state index in [2.05, 4.69) is 16.7 Å². The van der Waals surface area contributed by atoms with Crippen molar-refractivity contribution in [2.24, 2.45) is 0 Å². The van der Waals surface area contributed by atoms with Gasteiger partial charge in [0.2, 0.25) is 0 Å². The van der Waals surface area contributed by atoms with Crippen molar-refractivity contribution < 1.29 is 20.1 Å². The van der Waals surface area contributed by atoms with Gasteiger partial charge in [-0.15, -0.1) is 0 Å². The van der Waals surface area contributed by atoms with Crippen LogP contribution in [0, 0.1) is 11.8 Å². The number of methoxy groups -OCH3 is 1. The highest BCUT2D eigenvalue weighted by Crippen LogP contribution is 2.15. The molecule has 1 unspecified atom stereocenters. The maximum atomic E-state index is 9.03. The smallest absolute Gasteiger partial charge is 0.178 e. The molecule has 1 atom stereocenters. The van der Waals surface area contributed by atoms with Crippen LogP contribution in [0.2, 0.25) is 0 Å². The lowest BCUT2D eigenvalue weighted by Crippen LogP contribution is -2.16. The van der Waals surface area contributed by atoms with Crippen LogP contribution in [-0.4, -0.2) is 49.7 Å². The summed E-state index contributed by atoms with van der Waals surface area (Å²) in [5.74, 6) is 0.469. The Morgan fingerprint density at radius 3 is 2.39 bits per heavy atom. The number of benzene rings is 1. The number of hydrogen-bond donors (Lipinski definition) is 4. The predicted octanol–water partition coefficient (Wildman–Crippen LogP) is 1.06. The first-order valence-electron chi connectivity index (χ1n) is 8.44. The highest BCUT2D eigenvalue weighted by molar-refractivity contribution is 5.65. The fraction of sp³-hybridized carbons (Fsp3) is 0.316. The summed E-state index contributed by atoms with van der Waals surface area (Å²) in [5, 5.41) is 36.8. The zero-order chi connectivity index (χ0) is 20.9. The third-order valence-corrected chi connectivity index (χ3v) is 3.92. The molecule has 9 nitrogen and oxygen atoms in total. The molecule has 0 saturated heterocycles. The molecule has 0 bridgehead atoms. The minimum absolute atomic E-state index is 0.0247. The number of fused-ring (bicyclic) bond motifs is 1. The Morgan fingerprint density at radius 1 is 1.18 bits per heavy atom. The number of aliphatic hydroxyl groups excluding tert-OH is 2. The van der Waals surface area contributed by atoms with E-state index in [-0.39, 0.29) is 12.7 Å². The molecule has 3 rings (SSSR count). The molecule has 0 radical (unpaired) electrons. The molecular weight excluding hydrogens is 362 g/mol. The monoisotopic (exact) mass is 387 g/mol. The molecule has 5 N–H and O–H groups in total. The van der Waals surface area contributed by atoms with E-state index in [0.717, 1.165) is 24.1 Å². The van der Waals surface area contributed by atoms with Crippen LogP contribution in [0.4, 0.5) is 5.82 Å². The van der Waals surface area contributed by atoms with Crippen LogP contribution in [0.25, 0.3) is 5.52 Å². The second-order valence-corrected chi connectivity index (χ2v) is 5.63. The summed E-state index contributed by atoms with van der Waals surface area (Å²) in [7, 11) is 1.59. The number of aliphatic hydroxyl groups is 3. The highest BCUT2D eigenvalue weighted by atomic mass is 16.5. The van der Waals surface area contributed by atoms with E-state index >= 15 is 0 Å². The van der Waals surface area contributed by atoms with Crippen LogP contribution in [0.15, 0.2) is 48.8 Å². The Morgan fingerprint density at radius 2 is 1.86 bits per heavy atom. The zero-order valence-corrected chi connectivity index (χ0v) is 15.6. The second kappa shape index (κ2) is 12.4. The molecule has 28 heavy (non-hydrogen) atoms. The molecule has 2 heterocycles. The zero-order valence-electron chi connectivity index (χ0n) is 15.6. The Hall–Kier alpha value is -3.03. The van der Waals surface area contributed by atoms with Gasteiger partial charge < -0.3 is 25.8 Å². The number of hydrogen-bond acceptors (Lipinski definition) is 8. The van der Waals surface area contributed by atoms with E-state index in [4.69, 9.17) is 31.1 Å². The van der Waals surface area contributed by atoms with Crippen LogP contribution < -0.4 is 5.73 Å². The molecule has 0 saturated carbocycles. The molecular formula is C19H25N5O4. The van der Waals surface area contributed by atoms with Gasteiger partial charge in [-0.25, -0.2) is 14.8 Å². The first kappa shape index (κ1) is 23.0. The van der Waals surface area contributed by atoms with Crippen LogP contribution in [-0.2, 0) is 11.2 Å². The fourth-order valence-electron chi connectivity index (χ4n) is 2.41. The number of nitriles is 1. The SMILES string of the molecule is C#N.COC(CO)CCc1ccc2c(N)ncnn12.OC(O)c1ccccc1. The first-order valence-corrected chi connectivity index (χ1v) is 8.44. The van der Waals surface area contributed by atoms with Crippen LogP contribution >= 0.6 is 0 Å². The summed E-state index contributed by atoms with van der Waals surface area (Å²) >= 11 is 0. The molecule has 0 amide bonds. The van der Waals surface area contributed by atoms with Crippen molar-refractivity contribution in [3.8, 4) is 6.57 Å². The summed E-state index contributed by atoms with van der Waals surface area (Å²) in [6.45, 7) is 3.52. The largest absolute Gasteiger partial charge is 0.394 e. The molecule has 0 spiro atoms. The molecule has 2 aromatic heterocycles. The number of rotatable bonds is 6. The van der Waals surface area contributed by atoms with Crippen molar-refractivity contribution in [3.05, 3.63) is 60.0 Å². The van der Waals surface area contributed by atoms with Crippen LogP contribution in [0.5, 0.6) is 0 Å². The van der Waals surface area contributed by atoms with E-state index < -0.39 is 6.29 Å².